The summed E-state index contributed by atoms with van der Waals surface area (Å²) >= 11 is 0. The van der Waals surface area contributed by atoms with Gasteiger partial charge in [0.1, 0.15) is 5.75 Å². The van der Waals surface area contributed by atoms with Crippen LogP contribution in [0.5, 0.6) is 5.75 Å². The highest BCUT2D eigenvalue weighted by molar-refractivity contribution is 7.89. The Kier molecular flexibility index (Phi) is 4.93. The van der Waals surface area contributed by atoms with E-state index in [0.29, 0.717) is 28.6 Å². The van der Waals surface area contributed by atoms with Crippen LogP contribution in [0.4, 0.5) is 0 Å². The zero-order chi connectivity index (χ0) is 20.6. The Bertz CT molecular complexity index is 1170. The molecule has 4 rings (SSSR count). The summed E-state index contributed by atoms with van der Waals surface area (Å²) in [6.45, 7) is 1.88. The van der Waals surface area contributed by atoms with Gasteiger partial charge < -0.3 is 9.26 Å². The number of ether oxygens (including phenoxy) is 1. The maximum atomic E-state index is 12.8. The lowest BCUT2D eigenvalue weighted by atomic mass is 10.0. The molecule has 0 spiro atoms. The number of carbonyl (C=O) groups excluding carboxylic acids is 1. The number of rotatable bonds is 6. The lowest BCUT2D eigenvalue weighted by Gasteiger charge is -2.35. The first kappa shape index (κ1) is 19.3. The molecule has 1 aliphatic heterocycles. The molecular weight excluding hydrogens is 394 g/mol. The maximum Gasteiger partial charge on any atom is 0.243 e. The van der Waals surface area contributed by atoms with Gasteiger partial charge in [-0.2, -0.15) is 9.29 Å². The molecule has 0 bridgehead atoms. The van der Waals surface area contributed by atoms with Crippen molar-refractivity contribution in [2.45, 2.75) is 17.7 Å². The number of nitrogens with zero attached hydrogens (tertiary/aromatic N) is 3. The van der Waals surface area contributed by atoms with Crippen LogP contribution >= 0.6 is 0 Å². The minimum absolute atomic E-state index is 0.101. The summed E-state index contributed by atoms with van der Waals surface area (Å²) in [6, 6.07) is 13.4. The van der Waals surface area contributed by atoms with E-state index in [1.165, 1.54) is 23.4 Å². The summed E-state index contributed by atoms with van der Waals surface area (Å²) in [6.07, 6.45) is 0. The smallest absolute Gasteiger partial charge is 0.243 e. The number of aromatic nitrogens is 2. The molecule has 3 aromatic rings. The predicted octanol–water partition coefficient (Wildman–Crippen LogP) is 2.74. The first-order chi connectivity index (χ1) is 13.9. The topological polar surface area (TPSA) is 103 Å². The third kappa shape index (κ3) is 3.54. The van der Waals surface area contributed by atoms with Crippen LogP contribution in [0.15, 0.2) is 57.9 Å². The van der Waals surface area contributed by atoms with Gasteiger partial charge in [0.2, 0.25) is 21.7 Å². The highest BCUT2D eigenvalue weighted by atomic mass is 32.2. The van der Waals surface area contributed by atoms with Gasteiger partial charge in [-0.3, -0.25) is 4.79 Å². The number of Topliss-reactive ketones (excluding diaryl/α,β-unsaturated/α-hetero) is 1. The Morgan fingerprint density at radius 1 is 1.17 bits per heavy atom. The zero-order valence-corrected chi connectivity index (χ0v) is 16.7. The number of benzene rings is 2. The summed E-state index contributed by atoms with van der Waals surface area (Å²) in [7, 11) is -2.12. The fraction of sp³-hybridized carbons (Fsp3) is 0.250. The number of ketones is 1. The van der Waals surface area contributed by atoms with Crippen molar-refractivity contribution in [1.82, 2.24) is 14.4 Å². The van der Waals surface area contributed by atoms with Crippen LogP contribution in [0, 0.1) is 0 Å². The van der Waals surface area contributed by atoms with Crippen LogP contribution in [0.3, 0.4) is 0 Å². The van der Waals surface area contributed by atoms with Crippen molar-refractivity contribution in [2.75, 3.05) is 20.2 Å². The van der Waals surface area contributed by atoms with E-state index in [4.69, 9.17) is 9.26 Å². The second kappa shape index (κ2) is 7.41. The van der Waals surface area contributed by atoms with E-state index in [-0.39, 0.29) is 29.7 Å². The van der Waals surface area contributed by atoms with Crippen LogP contribution in [-0.4, -0.2) is 48.8 Å². The average molecular weight is 413 g/mol. The van der Waals surface area contributed by atoms with Gasteiger partial charge in [-0.05, 0) is 31.2 Å². The van der Waals surface area contributed by atoms with Gasteiger partial charge >= 0.3 is 0 Å². The second-order valence-electron chi connectivity index (χ2n) is 6.76. The SMILES string of the molecule is COc1ccccc1-c1noc(C2CN(S(=O)(=O)c3cccc(C(C)=O)c3)C2)n1. The monoisotopic (exact) mass is 413 g/mol. The van der Waals surface area contributed by atoms with Crippen molar-refractivity contribution in [3.8, 4) is 17.1 Å². The van der Waals surface area contributed by atoms with Gasteiger partial charge in [-0.1, -0.05) is 29.4 Å². The molecule has 150 valence electrons. The van der Waals surface area contributed by atoms with E-state index in [1.54, 1.807) is 25.3 Å². The normalized spacial score (nSPS) is 15.1. The molecule has 8 nitrogen and oxygen atoms in total. The van der Waals surface area contributed by atoms with Gasteiger partial charge in [0.05, 0.1) is 23.5 Å². The molecule has 0 amide bonds. The van der Waals surface area contributed by atoms with E-state index in [0.717, 1.165) is 0 Å². The molecule has 2 heterocycles. The number of hydrogen-bond donors (Lipinski definition) is 0. The molecule has 0 radical (unpaired) electrons. The van der Waals surface area contributed by atoms with Crippen LogP contribution in [0.25, 0.3) is 11.4 Å². The second-order valence-corrected chi connectivity index (χ2v) is 8.70. The quantitative estimate of drug-likeness (QED) is 0.573. The van der Waals surface area contributed by atoms with E-state index in [2.05, 4.69) is 10.1 Å². The average Bonchev–Trinajstić information content (AvgIpc) is 3.16. The summed E-state index contributed by atoms with van der Waals surface area (Å²) in [5, 5.41) is 4.00. The van der Waals surface area contributed by atoms with E-state index in [9.17, 15) is 13.2 Å². The predicted molar refractivity (Wildman–Crippen MR) is 104 cm³/mol. The van der Waals surface area contributed by atoms with Gasteiger partial charge in [-0.25, -0.2) is 8.42 Å². The molecule has 0 saturated carbocycles. The molecule has 0 atom stereocenters. The van der Waals surface area contributed by atoms with Crippen LogP contribution in [-0.2, 0) is 10.0 Å². The standard InChI is InChI=1S/C20H19N3O5S/c1-13(24)14-6-5-7-16(10-14)29(25,26)23-11-15(12-23)20-21-19(22-28-20)17-8-3-4-9-18(17)27-2/h3-10,15H,11-12H2,1-2H3. The molecule has 1 fully saturated rings. The Morgan fingerprint density at radius 2 is 1.93 bits per heavy atom. The number of methoxy groups -OCH3 is 1. The third-order valence-electron chi connectivity index (χ3n) is 4.87. The van der Waals surface area contributed by atoms with Gasteiger partial charge in [0.25, 0.3) is 0 Å². The van der Waals surface area contributed by atoms with Crippen LogP contribution < -0.4 is 4.74 Å². The summed E-state index contributed by atoms with van der Waals surface area (Å²) in [5.41, 5.74) is 1.07. The lowest BCUT2D eigenvalue weighted by molar-refractivity contribution is 0.101. The molecule has 29 heavy (non-hydrogen) atoms. The largest absolute Gasteiger partial charge is 0.496 e. The molecule has 0 N–H and O–H groups in total. The molecule has 2 aromatic carbocycles. The molecule has 0 unspecified atom stereocenters. The highest BCUT2D eigenvalue weighted by Crippen LogP contribution is 2.33. The van der Waals surface area contributed by atoms with Crippen LogP contribution in [0.2, 0.25) is 0 Å². The molecule has 0 aliphatic carbocycles. The summed E-state index contributed by atoms with van der Waals surface area (Å²) in [4.78, 5) is 16.0. The lowest BCUT2D eigenvalue weighted by Crippen LogP contribution is -2.48. The highest BCUT2D eigenvalue weighted by Gasteiger charge is 2.40. The zero-order valence-electron chi connectivity index (χ0n) is 15.9. The molecule has 9 heteroatoms. The first-order valence-electron chi connectivity index (χ1n) is 8.98. The van der Waals surface area contributed by atoms with Crippen molar-refractivity contribution in [3.63, 3.8) is 0 Å². The number of sulfonamides is 1. The fourth-order valence-electron chi connectivity index (χ4n) is 3.15. The third-order valence-corrected chi connectivity index (χ3v) is 6.69. The minimum atomic E-state index is -3.68. The fourth-order valence-corrected chi connectivity index (χ4v) is 4.73. The molecule has 1 aromatic heterocycles. The van der Waals surface area contributed by atoms with E-state index >= 15 is 0 Å². The summed E-state index contributed by atoms with van der Waals surface area (Å²) in [5.74, 6) is 1.04. The van der Waals surface area contributed by atoms with Crippen molar-refractivity contribution < 1.29 is 22.5 Å². The maximum absolute atomic E-state index is 12.8. The number of hydrogen-bond acceptors (Lipinski definition) is 7. The van der Waals surface area contributed by atoms with Gasteiger partial charge in [-0.15, -0.1) is 0 Å². The Morgan fingerprint density at radius 3 is 2.66 bits per heavy atom. The Balaban J connectivity index is 1.50. The van der Waals surface area contributed by atoms with E-state index < -0.39 is 10.0 Å². The summed E-state index contributed by atoms with van der Waals surface area (Å²) < 4.78 is 37.6. The first-order valence-corrected chi connectivity index (χ1v) is 10.4. The minimum Gasteiger partial charge on any atom is -0.496 e. The molecule has 1 saturated heterocycles. The number of para-hydroxylation sites is 1. The molecule has 1 aliphatic rings. The Hall–Kier alpha value is -3.04. The van der Waals surface area contributed by atoms with Crippen LogP contribution in [0.1, 0.15) is 29.1 Å². The van der Waals surface area contributed by atoms with Gasteiger partial charge in [0.15, 0.2) is 5.78 Å². The van der Waals surface area contributed by atoms with Gasteiger partial charge in [0, 0.05) is 18.7 Å². The Labute approximate surface area is 168 Å². The van der Waals surface area contributed by atoms with Crippen molar-refractivity contribution in [1.29, 1.82) is 0 Å². The number of carbonyl (C=O) groups is 1. The van der Waals surface area contributed by atoms with E-state index in [1.807, 2.05) is 18.2 Å². The van der Waals surface area contributed by atoms with Crippen molar-refractivity contribution in [2.24, 2.45) is 0 Å². The molecular formula is C20H19N3O5S. The van der Waals surface area contributed by atoms with Crippen molar-refractivity contribution >= 4 is 15.8 Å². The van der Waals surface area contributed by atoms with Crippen molar-refractivity contribution in [3.05, 3.63) is 60.0 Å².